The third-order valence-corrected chi connectivity index (χ3v) is 5.27. The van der Waals surface area contributed by atoms with E-state index in [-0.39, 0.29) is 22.9 Å². The highest BCUT2D eigenvalue weighted by Gasteiger charge is 2.30. The van der Waals surface area contributed by atoms with E-state index in [0.717, 1.165) is 12.8 Å². The Bertz CT molecular complexity index is 535. The van der Waals surface area contributed by atoms with Crippen LogP contribution in [0.25, 0.3) is 0 Å². The van der Waals surface area contributed by atoms with Crippen molar-refractivity contribution < 1.29 is 9.53 Å². The first-order valence-electron chi connectivity index (χ1n) is 9.63. The van der Waals surface area contributed by atoms with Crippen molar-refractivity contribution in [2.45, 2.75) is 79.8 Å². The van der Waals surface area contributed by atoms with E-state index in [1.807, 2.05) is 18.2 Å². The summed E-state index contributed by atoms with van der Waals surface area (Å²) in [6, 6.07) is 9.25. The van der Waals surface area contributed by atoms with Gasteiger partial charge in [-0.2, -0.15) is 0 Å². The van der Waals surface area contributed by atoms with Crippen LogP contribution in [0.4, 0.5) is 0 Å². The van der Waals surface area contributed by atoms with Gasteiger partial charge in [0.2, 0.25) is 0 Å². The average molecular weight is 345 g/mol. The lowest BCUT2D eigenvalue weighted by Crippen LogP contribution is -2.28. The summed E-state index contributed by atoms with van der Waals surface area (Å²) in [5, 5.41) is 0. The fraction of sp³-hybridized carbons (Fsp3) is 0.609. The third-order valence-electron chi connectivity index (χ3n) is 5.27. The zero-order chi connectivity index (χ0) is 18.9. The van der Waals surface area contributed by atoms with Crippen LogP contribution in [0.2, 0.25) is 0 Å². The fourth-order valence-electron chi connectivity index (χ4n) is 2.34. The van der Waals surface area contributed by atoms with Crippen molar-refractivity contribution in [3.8, 4) is 0 Å². The first-order chi connectivity index (χ1) is 11.7. The molecule has 0 saturated carbocycles. The maximum Gasteiger partial charge on any atom is 0.338 e. The van der Waals surface area contributed by atoms with E-state index in [9.17, 15) is 4.79 Å². The van der Waals surface area contributed by atoms with Gasteiger partial charge in [0.15, 0.2) is 0 Å². The van der Waals surface area contributed by atoms with Crippen LogP contribution in [0.3, 0.4) is 0 Å². The minimum absolute atomic E-state index is 0.0355. The van der Waals surface area contributed by atoms with Crippen molar-refractivity contribution in [1.82, 2.24) is 0 Å². The van der Waals surface area contributed by atoms with Gasteiger partial charge in [-0.15, -0.1) is 0 Å². The Kier molecular flexibility index (Phi) is 8.41. The smallest absolute Gasteiger partial charge is 0.338 e. The minimum atomic E-state index is -0.237. The summed E-state index contributed by atoms with van der Waals surface area (Å²) in [6.07, 6.45) is 9.75. The molecule has 0 N–H and O–H groups in total. The number of carbonyl (C=O) groups excluding carboxylic acids is 1. The predicted molar refractivity (Wildman–Crippen MR) is 107 cm³/mol. The molecule has 0 amide bonds. The number of carbonyl (C=O) groups is 1. The van der Waals surface area contributed by atoms with Gasteiger partial charge in [-0.1, -0.05) is 85.1 Å². The number of hydrogen-bond acceptors (Lipinski definition) is 2. The predicted octanol–water partition coefficient (Wildman–Crippen LogP) is 6.81. The van der Waals surface area contributed by atoms with Crippen molar-refractivity contribution in [3.63, 3.8) is 0 Å². The number of benzene rings is 1. The largest absolute Gasteiger partial charge is 0.455 e. The van der Waals surface area contributed by atoms with E-state index in [0.29, 0.717) is 5.56 Å². The molecule has 0 saturated heterocycles. The van der Waals surface area contributed by atoms with Gasteiger partial charge in [0.05, 0.1) is 5.56 Å². The summed E-state index contributed by atoms with van der Waals surface area (Å²) in [6.45, 7) is 13.4. The Hall–Kier alpha value is -1.57. The van der Waals surface area contributed by atoms with Crippen LogP contribution >= 0.6 is 0 Å². The number of rotatable bonds is 9. The molecular weight excluding hydrogens is 308 g/mol. The summed E-state index contributed by atoms with van der Waals surface area (Å²) < 4.78 is 5.80. The van der Waals surface area contributed by atoms with Crippen molar-refractivity contribution in [3.05, 3.63) is 48.0 Å². The van der Waals surface area contributed by atoms with E-state index in [4.69, 9.17) is 4.74 Å². The van der Waals surface area contributed by atoms with Gasteiger partial charge in [-0.25, -0.2) is 4.79 Å². The molecule has 2 nitrogen and oxygen atoms in total. The summed E-state index contributed by atoms with van der Waals surface area (Å²) in [5.41, 5.74) is 0.803. The molecule has 0 aliphatic rings. The van der Waals surface area contributed by atoms with Gasteiger partial charge < -0.3 is 4.74 Å². The van der Waals surface area contributed by atoms with Crippen LogP contribution < -0.4 is 0 Å². The normalized spacial score (nSPS) is 13.8. The first-order valence-corrected chi connectivity index (χ1v) is 9.63. The van der Waals surface area contributed by atoms with Crippen molar-refractivity contribution >= 4 is 5.97 Å². The Morgan fingerprint density at radius 2 is 1.68 bits per heavy atom. The zero-order valence-corrected chi connectivity index (χ0v) is 17.0. The molecule has 1 rings (SSSR count). The second kappa shape index (κ2) is 9.79. The molecule has 1 aromatic rings. The van der Waals surface area contributed by atoms with Crippen LogP contribution in [0.5, 0.6) is 0 Å². The van der Waals surface area contributed by atoms with Crippen LogP contribution in [-0.2, 0) is 4.74 Å². The molecule has 0 heterocycles. The fourth-order valence-corrected chi connectivity index (χ4v) is 2.34. The van der Waals surface area contributed by atoms with Crippen molar-refractivity contribution in [1.29, 1.82) is 0 Å². The van der Waals surface area contributed by atoms with Gasteiger partial charge in [0.25, 0.3) is 0 Å². The molecule has 0 bridgehead atoms. The topological polar surface area (TPSA) is 26.3 Å². The highest BCUT2D eigenvalue weighted by molar-refractivity contribution is 5.89. The molecule has 0 aliphatic heterocycles. The average Bonchev–Trinajstić information content (AvgIpc) is 2.56. The Morgan fingerprint density at radius 1 is 1.04 bits per heavy atom. The molecular formula is C23H36O2. The quantitative estimate of drug-likeness (QED) is 0.279. The van der Waals surface area contributed by atoms with Gasteiger partial charge in [-0.05, 0) is 41.9 Å². The lowest BCUT2D eigenvalue weighted by atomic mass is 9.69. The molecule has 25 heavy (non-hydrogen) atoms. The summed E-state index contributed by atoms with van der Waals surface area (Å²) in [5.74, 6) is -0.237. The van der Waals surface area contributed by atoms with Crippen LogP contribution in [0.15, 0.2) is 42.5 Å². The molecule has 0 fully saturated rings. The molecule has 0 aliphatic carbocycles. The minimum Gasteiger partial charge on any atom is -0.455 e. The van der Waals surface area contributed by atoms with E-state index in [1.54, 1.807) is 12.1 Å². The summed E-state index contributed by atoms with van der Waals surface area (Å²) >= 11 is 0. The monoisotopic (exact) mass is 344 g/mol. The van der Waals surface area contributed by atoms with Crippen LogP contribution in [-0.4, -0.2) is 12.1 Å². The molecule has 1 aromatic carbocycles. The zero-order valence-electron chi connectivity index (χ0n) is 17.0. The SMILES string of the molecule is CCCCCCC(/C=C/C(C)(C)C(C)(C)C)OC(=O)c1ccccc1. The van der Waals surface area contributed by atoms with Crippen molar-refractivity contribution in [2.75, 3.05) is 0 Å². The molecule has 2 heteroatoms. The molecule has 140 valence electrons. The standard InChI is InChI=1S/C23H36O2/c1-7-8-9-13-16-20(17-18-23(5,6)22(2,3)4)25-21(24)19-14-11-10-12-15-19/h10-12,14-15,17-18,20H,7-9,13,16H2,1-6H3/b18-17+. The number of esters is 1. The van der Waals surface area contributed by atoms with Gasteiger partial charge in [0.1, 0.15) is 6.10 Å². The Morgan fingerprint density at radius 3 is 2.24 bits per heavy atom. The number of allylic oxidation sites excluding steroid dienone is 1. The van der Waals surface area contributed by atoms with Crippen LogP contribution in [0, 0.1) is 10.8 Å². The maximum atomic E-state index is 12.4. The van der Waals surface area contributed by atoms with E-state index in [1.165, 1.54) is 19.3 Å². The number of unbranched alkanes of at least 4 members (excludes halogenated alkanes) is 3. The van der Waals surface area contributed by atoms with Gasteiger partial charge in [-0.3, -0.25) is 0 Å². The molecule has 0 aromatic heterocycles. The second-order valence-electron chi connectivity index (χ2n) is 8.49. The second-order valence-corrected chi connectivity index (χ2v) is 8.49. The van der Waals surface area contributed by atoms with Gasteiger partial charge in [0, 0.05) is 0 Å². The van der Waals surface area contributed by atoms with E-state index < -0.39 is 0 Å². The first kappa shape index (κ1) is 21.5. The Labute approximate surface area is 154 Å². The number of ether oxygens (including phenoxy) is 1. The lowest BCUT2D eigenvalue weighted by Gasteiger charge is -2.36. The molecule has 1 atom stereocenters. The molecule has 0 radical (unpaired) electrons. The highest BCUT2D eigenvalue weighted by atomic mass is 16.5. The van der Waals surface area contributed by atoms with E-state index >= 15 is 0 Å². The lowest BCUT2D eigenvalue weighted by molar-refractivity contribution is 0.0372. The highest BCUT2D eigenvalue weighted by Crippen LogP contribution is 2.39. The van der Waals surface area contributed by atoms with Crippen molar-refractivity contribution in [2.24, 2.45) is 10.8 Å². The van der Waals surface area contributed by atoms with Gasteiger partial charge >= 0.3 is 5.97 Å². The van der Waals surface area contributed by atoms with E-state index in [2.05, 4.69) is 53.7 Å². The molecule has 1 unspecified atom stereocenters. The maximum absolute atomic E-state index is 12.4. The molecule has 0 spiro atoms. The summed E-state index contributed by atoms with van der Waals surface area (Å²) in [7, 11) is 0. The summed E-state index contributed by atoms with van der Waals surface area (Å²) in [4.78, 5) is 12.4. The third kappa shape index (κ3) is 7.46. The van der Waals surface area contributed by atoms with Crippen LogP contribution in [0.1, 0.15) is 84.0 Å². The Balaban J connectivity index is 2.80. The number of hydrogen-bond donors (Lipinski definition) is 0.